The lowest BCUT2D eigenvalue weighted by molar-refractivity contribution is 0.0697. The molecule has 0 atom stereocenters. The third-order valence-corrected chi connectivity index (χ3v) is 4.35. The lowest BCUT2D eigenvalue weighted by Gasteiger charge is -2.31. The van der Waals surface area contributed by atoms with Crippen molar-refractivity contribution in [3.8, 4) is 0 Å². The number of carbonyl (C=O) groups is 1. The number of benzene rings is 1. The van der Waals surface area contributed by atoms with Gasteiger partial charge < -0.3 is 10.0 Å². The van der Waals surface area contributed by atoms with E-state index in [-0.39, 0.29) is 16.1 Å². The van der Waals surface area contributed by atoms with Crippen LogP contribution in [-0.2, 0) is 10.0 Å². The van der Waals surface area contributed by atoms with Gasteiger partial charge in [-0.1, -0.05) is 0 Å². The number of rotatable bonds is 3. The number of sulfonamides is 1. The van der Waals surface area contributed by atoms with E-state index >= 15 is 0 Å². The quantitative estimate of drug-likeness (QED) is 0.876. The molecule has 20 heavy (non-hydrogen) atoms. The topological polar surface area (TPSA) is 101 Å². The fourth-order valence-electron chi connectivity index (χ4n) is 2.57. The Morgan fingerprint density at radius 1 is 1.25 bits per heavy atom. The summed E-state index contributed by atoms with van der Waals surface area (Å²) in [5.74, 6) is -1.14. The van der Waals surface area contributed by atoms with Gasteiger partial charge in [0.25, 0.3) is 0 Å². The number of aromatic carboxylic acids is 1. The molecule has 0 bridgehead atoms. The minimum Gasteiger partial charge on any atom is -0.478 e. The van der Waals surface area contributed by atoms with E-state index < -0.39 is 16.0 Å². The van der Waals surface area contributed by atoms with Gasteiger partial charge in [0.15, 0.2) is 0 Å². The van der Waals surface area contributed by atoms with Crippen LogP contribution in [0.25, 0.3) is 0 Å². The third kappa shape index (κ3) is 2.94. The first-order valence-electron chi connectivity index (χ1n) is 6.46. The molecule has 1 aliphatic rings. The maximum absolute atomic E-state index is 11.8. The molecule has 3 N–H and O–H groups in total. The first-order chi connectivity index (χ1) is 9.30. The van der Waals surface area contributed by atoms with Crippen molar-refractivity contribution in [1.82, 2.24) is 0 Å². The average Bonchev–Trinajstić information content (AvgIpc) is 2.37. The maximum Gasteiger partial charge on any atom is 0.337 e. The Morgan fingerprint density at radius 2 is 1.85 bits per heavy atom. The molecular weight excluding hydrogens is 280 g/mol. The lowest BCUT2D eigenvalue weighted by Crippen LogP contribution is -2.33. The van der Waals surface area contributed by atoms with Gasteiger partial charge in [0.2, 0.25) is 10.0 Å². The van der Waals surface area contributed by atoms with Gasteiger partial charge in [0.1, 0.15) is 4.90 Å². The summed E-state index contributed by atoms with van der Waals surface area (Å²) >= 11 is 0. The zero-order chi connectivity index (χ0) is 14.9. The molecule has 6 nitrogen and oxygen atoms in total. The van der Waals surface area contributed by atoms with Gasteiger partial charge in [-0.15, -0.1) is 0 Å². The number of hydrogen-bond donors (Lipinski definition) is 2. The van der Waals surface area contributed by atoms with Crippen LogP contribution < -0.4 is 10.0 Å². The second-order valence-electron chi connectivity index (χ2n) is 5.06. The summed E-state index contributed by atoms with van der Waals surface area (Å²) in [6.07, 6.45) is 2.89. The highest BCUT2D eigenvalue weighted by atomic mass is 32.2. The van der Waals surface area contributed by atoms with E-state index in [1.807, 2.05) is 4.90 Å². The average molecular weight is 298 g/mol. The summed E-state index contributed by atoms with van der Waals surface area (Å²) in [7, 11) is -3.97. The maximum atomic E-state index is 11.8. The van der Waals surface area contributed by atoms with Gasteiger partial charge in [-0.3, -0.25) is 0 Å². The lowest BCUT2D eigenvalue weighted by atomic mass is 10.0. The Bertz CT molecular complexity index is 634. The molecule has 1 aromatic carbocycles. The number of nitrogens with two attached hydrogens (primary N) is 1. The van der Waals surface area contributed by atoms with Gasteiger partial charge in [0.05, 0.1) is 11.3 Å². The molecule has 0 spiro atoms. The van der Waals surface area contributed by atoms with Gasteiger partial charge in [-0.25, -0.2) is 18.4 Å². The number of anilines is 1. The zero-order valence-corrected chi connectivity index (χ0v) is 12.1. The zero-order valence-electron chi connectivity index (χ0n) is 11.3. The van der Waals surface area contributed by atoms with Crippen LogP contribution in [0.15, 0.2) is 17.0 Å². The van der Waals surface area contributed by atoms with Crippen LogP contribution in [0, 0.1) is 6.92 Å². The van der Waals surface area contributed by atoms with Crippen LogP contribution in [0.1, 0.15) is 35.2 Å². The molecule has 1 aliphatic heterocycles. The Labute approximate surface area is 118 Å². The smallest absolute Gasteiger partial charge is 0.337 e. The van der Waals surface area contributed by atoms with Crippen molar-refractivity contribution in [3.05, 3.63) is 23.3 Å². The first-order valence-corrected chi connectivity index (χ1v) is 8.01. The summed E-state index contributed by atoms with van der Waals surface area (Å²) in [5.41, 5.74) is 0.786. The van der Waals surface area contributed by atoms with Crippen molar-refractivity contribution in [2.75, 3.05) is 18.0 Å². The number of carboxylic acids is 1. The molecule has 1 heterocycles. The predicted molar refractivity (Wildman–Crippen MR) is 75.6 cm³/mol. The predicted octanol–water partition coefficient (Wildman–Crippen LogP) is 1.33. The van der Waals surface area contributed by atoms with Crippen molar-refractivity contribution in [1.29, 1.82) is 0 Å². The summed E-state index contributed by atoms with van der Waals surface area (Å²) in [4.78, 5) is 13.1. The number of aryl methyl sites for hydroxylation is 1. The van der Waals surface area contributed by atoms with Crippen molar-refractivity contribution in [3.63, 3.8) is 0 Å². The van der Waals surface area contributed by atoms with Crippen LogP contribution >= 0.6 is 0 Å². The van der Waals surface area contributed by atoms with Gasteiger partial charge in [0, 0.05) is 13.1 Å². The van der Waals surface area contributed by atoms with E-state index in [0.717, 1.165) is 19.3 Å². The molecule has 0 amide bonds. The molecule has 0 saturated carbocycles. The number of primary sulfonamides is 1. The standard InChI is InChI=1S/C13H18N2O4S/c1-9-7-10(13(16)17)12(11(8-9)20(14,18)19)15-5-3-2-4-6-15/h7-8H,2-6H2,1H3,(H,16,17)(H2,14,18,19). The number of nitrogens with zero attached hydrogens (tertiary/aromatic N) is 1. The molecule has 0 unspecified atom stereocenters. The number of hydrogen-bond acceptors (Lipinski definition) is 4. The molecule has 2 rings (SSSR count). The molecule has 0 radical (unpaired) electrons. The van der Waals surface area contributed by atoms with E-state index in [2.05, 4.69) is 0 Å². The van der Waals surface area contributed by atoms with E-state index in [1.165, 1.54) is 12.1 Å². The highest BCUT2D eigenvalue weighted by Gasteiger charge is 2.26. The van der Waals surface area contributed by atoms with E-state index in [4.69, 9.17) is 5.14 Å². The fourth-order valence-corrected chi connectivity index (χ4v) is 3.43. The van der Waals surface area contributed by atoms with Crippen molar-refractivity contribution < 1.29 is 18.3 Å². The molecule has 0 aliphatic carbocycles. The van der Waals surface area contributed by atoms with Crippen molar-refractivity contribution in [2.24, 2.45) is 5.14 Å². The normalized spacial score (nSPS) is 16.2. The summed E-state index contributed by atoms with van der Waals surface area (Å²) in [5, 5.41) is 14.6. The Balaban J connectivity index is 2.69. The van der Waals surface area contributed by atoms with Crippen molar-refractivity contribution in [2.45, 2.75) is 31.1 Å². The van der Waals surface area contributed by atoms with Crippen LogP contribution in [0.5, 0.6) is 0 Å². The highest BCUT2D eigenvalue weighted by Crippen LogP contribution is 2.32. The van der Waals surface area contributed by atoms with Crippen molar-refractivity contribution >= 4 is 21.7 Å². The molecular formula is C13H18N2O4S. The van der Waals surface area contributed by atoms with Gasteiger partial charge >= 0.3 is 5.97 Å². The Morgan fingerprint density at radius 3 is 2.35 bits per heavy atom. The third-order valence-electron chi connectivity index (χ3n) is 3.43. The minimum absolute atomic E-state index is 0.00377. The SMILES string of the molecule is Cc1cc(C(=O)O)c(N2CCCCC2)c(S(N)(=O)=O)c1. The second kappa shape index (κ2) is 5.41. The molecule has 1 fully saturated rings. The Kier molecular flexibility index (Phi) is 4.01. The van der Waals surface area contributed by atoms with E-state index in [1.54, 1.807) is 6.92 Å². The van der Waals surface area contributed by atoms with Crippen LogP contribution in [-0.4, -0.2) is 32.6 Å². The molecule has 7 heteroatoms. The van der Waals surface area contributed by atoms with Gasteiger partial charge in [-0.05, 0) is 43.9 Å². The number of carboxylic acid groups (broad SMARTS) is 1. The molecule has 110 valence electrons. The monoisotopic (exact) mass is 298 g/mol. The largest absolute Gasteiger partial charge is 0.478 e. The minimum atomic E-state index is -3.97. The summed E-state index contributed by atoms with van der Waals surface area (Å²) < 4.78 is 23.6. The molecule has 1 aromatic rings. The number of piperidine rings is 1. The summed E-state index contributed by atoms with van der Waals surface area (Å²) in [6.45, 7) is 2.94. The molecule has 0 aromatic heterocycles. The highest BCUT2D eigenvalue weighted by molar-refractivity contribution is 7.89. The van der Waals surface area contributed by atoms with Crippen LogP contribution in [0.3, 0.4) is 0 Å². The molecule has 1 saturated heterocycles. The second-order valence-corrected chi connectivity index (χ2v) is 6.59. The Hall–Kier alpha value is -1.60. The van der Waals surface area contributed by atoms with E-state index in [0.29, 0.717) is 18.7 Å². The first kappa shape index (κ1) is 14.8. The van der Waals surface area contributed by atoms with Gasteiger partial charge in [-0.2, -0.15) is 0 Å². The fraction of sp³-hybridized carbons (Fsp3) is 0.462. The van der Waals surface area contributed by atoms with E-state index in [9.17, 15) is 18.3 Å². The van der Waals surface area contributed by atoms with Crippen LogP contribution in [0.4, 0.5) is 5.69 Å². The van der Waals surface area contributed by atoms with Crippen LogP contribution in [0.2, 0.25) is 0 Å². The summed E-state index contributed by atoms with van der Waals surface area (Å²) in [6, 6.07) is 2.92.